The highest BCUT2D eigenvalue weighted by molar-refractivity contribution is 5.18. The van der Waals surface area contributed by atoms with Gasteiger partial charge < -0.3 is 5.73 Å². The molecule has 111 valence electrons. The quantitative estimate of drug-likeness (QED) is 0.753. The molecule has 0 fully saturated rings. The molecule has 0 aromatic carbocycles. The summed E-state index contributed by atoms with van der Waals surface area (Å²) in [7, 11) is 0. The molecular formula is C16H22N5. The first-order valence-electron chi connectivity index (χ1n) is 7.38. The van der Waals surface area contributed by atoms with E-state index in [0.717, 1.165) is 37.7 Å². The molecule has 1 unspecified atom stereocenters. The lowest BCUT2D eigenvalue weighted by atomic mass is 9.83. The molecule has 2 aromatic heterocycles. The van der Waals surface area contributed by atoms with E-state index in [4.69, 9.17) is 5.73 Å². The van der Waals surface area contributed by atoms with E-state index in [9.17, 15) is 0 Å². The van der Waals surface area contributed by atoms with Crippen molar-refractivity contribution in [3.63, 3.8) is 0 Å². The Labute approximate surface area is 126 Å². The van der Waals surface area contributed by atoms with Crippen LogP contribution < -0.4 is 5.73 Å². The van der Waals surface area contributed by atoms with E-state index in [0.29, 0.717) is 0 Å². The Hall–Kier alpha value is -1.88. The Kier molecular flexibility index (Phi) is 5.75. The van der Waals surface area contributed by atoms with Gasteiger partial charge in [-0.05, 0) is 55.4 Å². The molecule has 21 heavy (non-hydrogen) atoms. The van der Waals surface area contributed by atoms with Gasteiger partial charge in [0.15, 0.2) is 0 Å². The number of hydrogen-bond acceptors (Lipinski definition) is 5. The van der Waals surface area contributed by atoms with Crippen LogP contribution in [-0.4, -0.2) is 20.4 Å². The second kappa shape index (κ2) is 7.78. The smallest absolute Gasteiger partial charge is 0.0546 e. The summed E-state index contributed by atoms with van der Waals surface area (Å²) in [5.41, 5.74) is 8.52. The van der Waals surface area contributed by atoms with Gasteiger partial charge in [-0.2, -0.15) is 20.4 Å². The van der Waals surface area contributed by atoms with E-state index in [1.807, 2.05) is 12.1 Å². The zero-order valence-corrected chi connectivity index (χ0v) is 12.4. The Morgan fingerprint density at radius 1 is 1.05 bits per heavy atom. The van der Waals surface area contributed by atoms with Crippen LogP contribution >= 0.6 is 0 Å². The number of aromatic nitrogens is 4. The summed E-state index contributed by atoms with van der Waals surface area (Å²) in [4.78, 5) is 0. The predicted molar refractivity (Wildman–Crippen MR) is 82.1 cm³/mol. The van der Waals surface area contributed by atoms with Crippen molar-refractivity contribution in [1.29, 1.82) is 0 Å². The van der Waals surface area contributed by atoms with Gasteiger partial charge in [0.1, 0.15) is 0 Å². The second-order valence-electron chi connectivity index (χ2n) is 5.32. The molecule has 2 rings (SSSR count). The summed E-state index contributed by atoms with van der Waals surface area (Å²) in [5.74, 6) is 0. The van der Waals surface area contributed by atoms with Gasteiger partial charge in [-0.3, -0.25) is 0 Å². The molecule has 2 heterocycles. The van der Waals surface area contributed by atoms with Crippen molar-refractivity contribution < 1.29 is 0 Å². The summed E-state index contributed by atoms with van der Waals surface area (Å²) in [6.45, 7) is 2.16. The van der Waals surface area contributed by atoms with Crippen molar-refractivity contribution in [2.45, 2.75) is 44.6 Å². The first-order chi connectivity index (χ1) is 10.2. The average Bonchev–Trinajstić information content (AvgIpc) is 2.54. The Bertz CT molecular complexity index is 517. The largest absolute Gasteiger partial charge is 0.321 e. The van der Waals surface area contributed by atoms with Gasteiger partial charge in [-0.25, -0.2) is 0 Å². The summed E-state index contributed by atoms with van der Waals surface area (Å²) >= 11 is 0. The van der Waals surface area contributed by atoms with Gasteiger partial charge in [0.25, 0.3) is 0 Å². The molecule has 5 heteroatoms. The minimum absolute atomic E-state index is 0.322. The summed E-state index contributed by atoms with van der Waals surface area (Å²) < 4.78 is 0. The third kappa shape index (κ3) is 4.56. The average molecular weight is 284 g/mol. The molecule has 0 aliphatic carbocycles. The van der Waals surface area contributed by atoms with E-state index >= 15 is 0 Å². The van der Waals surface area contributed by atoms with Crippen molar-refractivity contribution in [2.24, 2.45) is 5.73 Å². The van der Waals surface area contributed by atoms with Crippen molar-refractivity contribution in [1.82, 2.24) is 20.4 Å². The molecule has 0 saturated heterocycles. The van der Waals surface area contributed by atoms with E-state index in [-0.39, 0.29) is 5.54 Å². The number of unbranched alkanes of at least 4 members (excludes halogenated alkanes) is 1. The molecule has 0 aliphatic heterocycles. The number of hydrogen-bond donors (Lipinski definition) is 1. The molecule has 0 amide bonds. The fourth-order valence-electron chi connectivity index (χ4n) is 2.51. The molecule has 5 nitrogen and oxygen atoms in total. The first kappa shape index (κ1) is 15.5. The Morgan fingerprint density at radius 3 is 2.43 bits per heavy atom. The summed E-state index contributed by atoms with van der Waals surface area (Å²) in [5, 5.41) is 15.4. The highest BCUT2D eigenvalue weighted by Gasteiger charge is 2.26. The van der Waals surface area contributed by atoms with Gasteiger partial charge in [-0.15, -0.1) is 0 Å². The monoisotopic (exact) mass is 284 g/mol. The molecular weight excluding hydrogens is 262 g/mol. The maximum absolute atomic E-state index is 6.60. The van der Waals surface area contributed by atoms with Crippen LogP contribution in [0.4, 0.5) is 0 Å². The highest BCUT2D eigenvalue weighted by atomic mass is 15.1. The third-order valence-electron chi connectivity index (χ3n) is 3.68. The van der Waals surface area contributed by atoms with Crippen LogP contribution in [0.2, 0.25) is 0 Å². The lowest BCUT2D eigenvalue weighted by molar-refractivity contribution is 0.369. The lowest BCUT2D eigenvalue weighted by Gasteiger charge is -2.29. The van der Waals surface area contributed by atoms with Gasteiger partial charge in [0.05, 0.1) is 12.4 Å². The van der Waals surface area contributed by atoms with Crippen LogP contribution in [0.15, 0.2) is 36.9 Å². The number of nitrogens with zero attached hydrogens (tertiary/aromatic N) is 4. The Balaban J connectivity index is 1.88. The molecule has 1 atom stereocenters. The van der Waals surface area contributed by atoms with E-state index in [1.54, 1.807) is 24.8 Å². The van der Waals surface area contributed by atoms with Gasteiger partial charge in [0, 0.05) is 17.9 Å². The first-order valence-corrected chi connectivity index (χ1v) is 7.38. The van der Waals surface area contributed by atoms with E-state index in [2.05, 4.69) is 33.7 Å². The van der Waals surface area contributed by atoms with Crippen LogP contribution in [0.5, 0.6) is 0 Å². The minimum Gasteiger partial charge on any atom is -0.321 e. The van der Waals surface area contributed by atoms with E-state index < -0.39 is 0 Å². The van der Waals surface area contributed by atoms with Crippen LogP contribution in [0.1, 0.15) is 43.7 Å². The van der Waals surface area contributed by atoms with Crippen molar-refractivity contribution >= 4 is 0 Å². The zero-order valence-electron chi connectivity index (χ0n) is 12.4. The maximum Gasteiger partial charge on any atom is 0.0546 e. The minimum atomic E-state index is -0.322. The van der Waals surface area contributed by atoms with Crippen molar-refractivity contribution in [3.05, 3.63) is 54.5 Å². The number of rotatable bonds is 8. The molecule has 0 saturated carbocycles. The molecule has 1 radical (unpaired) electrons. The summed E-state index contributed by atoms with van der Waals surface area (Å²) in [6.07, 6.45) is 14.0. The van der Waals surface area contributed by atoms with Gasteiger partial charge >= 0.3 is 0 Å². The van der Waals surface area contributed by atoms with Gasteiger partial charge in [0.2, 0.25) is 0 Å². The molecule has 2 aromatic rings. The van der Waals surface area contributed by atoms with Crippen molar-refractivity contribution in [3.8, 4) is 0 Å². The SMILES string of the molecule is CCCC(N)(CC[CH]Cc1ccnnc1)c1ccnnc1. The highest BCUT2D eigenvalue weighted by Crippen LogP contribution is 2.28. The number of nitrogens with two attached hydrogens (primary N) is 1. The standard InChI is InChI=1S/C16H22N5/c1-2-8-16(17,15-7-11-19-21-13-15)9-4-3-5-14-6-10-18-20-12-14/h3,6-7,10-13H,2,4-5,8-9,17H2,1H3. The molecule has 0 spiro atoms. The predicted octanol–water partition coefficient (Wildman–Crippen LogP) is 2.45. The van der Waals surface area contributed by atoms with Gasteiger partial charge in [-0.1, -0.05) is 13.3 Å². The molecule has 0 aliphatic rings. The third-order valence-corrected chi connectivity index (χ3v) is 3.68. The zero-order chi connectivity index (χ0) is 15.0. The lowest BCUT2D eigenvalue weighted by Crippen LogP contribution is -2.36. The van der Waals surface area contributed by atoms with Crippen LogP contribution in [0.3, 0.4) is 0 Å². The van der Waals surface area contributed by atoms with E-state index in [1.165, 1.54) is 5.56 Å². The van der Waals surface area contributed by atoms with Crippen LogP contribution in [-0.2, 0) is 12.0 Å². The second-order valence-corrected chi connectivity index (χ2v) is 5.32. The summed E-state index contributed by atoms with van der Waals surface area (Å²) in [6, 6.07) is 3.95. The van der Waals surface area contributed by atoms with Crippen molar-refractivity contribution in [2.75, 3.05) is 0 Å². The molecule has 0 bridgehead atoms. The fraction of sp³-hybridized carbons (Fsp3) is 0.438. The van der Waals surface area contributed by atoms with Crippen LogP contribution in [0, 0.1) is 6.42 Å². The topological polar surface area (TPSA) is 77.6 Å². The fourth-order valence-corrected chi connectivity index (χ4v) is 2.51. The Morgan fingerprint density at radius 2 is 1.81 bits per heavy atom. The maximum atomic E-state index is 6.60. The normalized spacial score (nSPS) is 13.8. The van der Waals surface area contributed by atoms with Crippen LogP contribution in [0.25, 0.3) is 0 Å². The molecule has 2 N–H and O–H groups in total.